The van der Waals surface area contributed by atoms with Crippen LogP contribution in [0, 0.1) is 0 Å². The standard InChI is InChI=1S/C14H19ClN2OS.ClH/c1-10(11-3-2-4-12(15)7-11)17-14(18)8-13-9-19-6-5-16-13;/h2-4,7,10,13,16H,5-6,8-9H2,1H3,(H,17,18);1H. The van der Waals surface area contributed by atoms with Crippen molar-refractivity contribution in [3.8, 4) is 0 Å². The molecule has 1 fully saturated rings. The maximum Gasteiger partial charge on any atom is 0.222 e. The lowest BCUT2D eigenvalue weighted by Crippen LogP contribution is -2.41. The Hall–Kier alpha value is -0.420. The predicted molar refractivity (Wildman–Crippen MR) is 89.0 cm³/mol. The molecule has 3 nitrogen and oxygen atoms in total. The van der Waals surface area contributed by atoms with Crippen LogP contribution in [0.2, 0.25) is 5.02 Å². The predicted octanol–water partition coefficient (Wildman–Crippen LogP) is 3.03. The van der Waals surface area contributed by atoms with Crippen LogP contribution in [0.3, 0.4) is 0 Å². The molecule has 1 aromatic carbocycles. The molecule has 1 aliphatic rings. The van der Waals surface area contributed by atoms with E-state index in [2.05, 4.69) is 10.6 Å². The fraction of sp³-hybridized carbons (Fsp3) is 0.500. The first-order valence-corrected chi connectivity index (χ1v) is 8.04. The monoisotopic (exact) mass is 334 g/mol. The second-order valence-corrected chi connectivity index (χ2v) is 6.36. The van der Waals surface area contributed by atoms with Crippen molar-refractivity contribution >= 4 is 41.7 Å². The maximum absolute atomic E-state index is 12.0. The lowest BCUT2D eigenvalue weighted by atomic mass is 10.1. The third-order valence-electron chi connectivity index (χ3n) is 3.16. The van der Waals surface area contributed by atoms with Gasteiger partial charge in [-0.05, 0) is 24.6 Å². The highest BCUT2D eigenvalue weighted by atomic mass is 35.5. The van der Waals surface area contributed by atoms with Crippen molar-refractivity contribution in [2.24, 2.45) is 0 Å². The number of nitrogens with one attached hydrogen (secondary N) is 2. The van der Waals surface area contributed by atoms with E-state index in [9.17, 15) is 4.79 Å². The SMILES string of the molecule is CC(NC(=O)CC1CSCCN1)c1cccc(Cl)c1.Cl. The lowest BCUT2D eigenvalue weighted by Gasteiger charge is -2.23. The van der Waals surface area contributed by atoms with Gasteiger partial charge in [0.05, 0.1) is 6.04 Å². The van der Waals surface area contributed by atoms with Gasteiger partial charge in [-0.1, -0.05) is 23.7 Å². The molecule has 1 amide bonds. The fourth-order valence-corrected chi connectivity index (χ4v) is 3.28. The van der Waals surface area contributed by atoms with Crippen LogP contribution in [-0.4, -0.2) is 30.0 Å². The molecule has 6 heteroatoms. The summed E-state index contributed by atoms with van der Waals surface area (Å²) in [6.45, 7) is 2.97. The zero-order valence-electron chi connectivity index (χ0n) is 11.4. The topological polar surface area (TPSA) is 41.1 Å². The van der Waals surface area contributed by atoms with Crippen molar-refractivity contribution in [1.29, 1.82) is 0 Å². The number of halogens is 2. The summed E-state index contributed by atoms with van der Waals surface area (Å²) in [5.41, 5.74) is 1.03. The van der Waals surface area contributed by atoms with E-state index in [1.807, 2.05) is 43.0 Å². The molecule has 0 saturated carbocycles. The zero-order valence-corrected chi connectivity index (χ0v) is 13.8. The van der Waals surface area contributed by atoms with Crippen molar-refractivity contribution in [2.45, 2.75) is 25.4 Å². The molecule has 1 aliphatic heterocycles. The molecule has 1 aromatic rings. The van der Waals surface area contributed by atoms with E-state index in [-0.39, 0.29) is 24.4 Å². The number of carbonyl (C=O) groups is 1. The molecule has 0 aliphatic carbocycles. The van der Waals surface area contributed by atoms with Gasteiger partial charge in [0.2, 0.25) is 5.91 Å². The van der Waals surface area contributed by atoms with Crippen molar-refractivity contribution < 1.29 is 4.79 Å². The summed E-state index contributed by atoms with van der Waals surface area (Å²) in [7, 11) is 0. The van der Waals surface area contributed by atoms with Crippen molar-refractivity contribution in [3.05, 3.63) is 34.9 Å². The molecule has 2 rings (SSSR count). The summed E-state index contributed by atoms with van der Waals surface area (Å²) in [5, 5.41) is 7.09. The number of hydrogen-bond donors (Lipinski definition) is 2. The average molecular weight is 335 g/mol. The van der Waals surface area contributed by atoms with Crippen molar-refractivity contribution in [1.82, 2.24) is 10.6 Å². The van der Waals surface area contributed by atoms with Gasteiger partial charge in [0, 0.05) is 35.5 Å². The summed E-state index contributed by atoms with van der Waals surface area (Å²) in [6, 6.07) is 7.89. The Balaban J connectivity index is 0.00000200. The van der Waals surface area contributed by atoms with E-state index in [0.29, 0.717) is 17.5 Å². The van der Waals surface area contributed by atoms with Gasteiger partial charge in [0.15, 0.2) is 0 Å². The van der Waals surface area contributed by atoms with Crippen LogP contribution in [0.1, 0.15) is 24.9 Å². The van der Waals surface area contributed by atoms with E-state index in [4.69, 9.17) is 11.6 Å². The molecule has 112 valence electrons. The minimum absolute atomic E-state index is 0. The minimum Gasteiger partial charge on any atom is -0.350 e. The van der Waals surface area contributed by atoms with Gasteiger partial charge in [0.25, 0.3) is 0 Å². The Morgan fingerprint density at radius 1 is 1.60 bits per heavy atom. The summed E-state index contributed by atoms with van der Waals surface area (Å²) < 4.78 is 0. The van der Waals surface area contributed by atoms with Crippen LogP contribution in [0.5, 0.6) is 0 Å². The average Bonchev–Trinajstić information content (AvgIpc) is 2.39. The molecular formula is C14H20Cl2N2OS. The first-order chi connectivity index (χ1) is 9.15. The molecule has 2 N–H and O–H groups in total. The third-order valence-corrected chi connectivity index (χ3v) is 4.52. The summed E-state index contributed by atoms with van der Waals surface area (Å²) in [6.07, 6.45) is 0.540. The number of thioether (sulfide) groups is 1. The van der Waals surface area contributed by atoms with Crippen LogP contribution in [0.25, 0.3) is 0 Å². The van der Waals surface area contributed by atoms with Gasteiger partial charge >= 0.3 is 0 Å². The van der Waals surface area contributed by atoms with Crippen LogP contribution in [0.15, 0.2) is 24.3 Å². The van der Waals surface area contributed by atoms with Gasteiger partial charge < -0.3 is 10.6 Å². The van der Waals surface area contributed by atoms with Crippen LogP contribution in [-0.2, 0) is 4.79 Å². The molecule has 0 aromatic heterocycles. The summed E-state index contributed by atoms with van der Waals surface area (Å²) in [4.78, 5) is 12.0. The Bertz CT molecular complexity index is 439. The van der Waals surface area contributed by atoms with E-state index >= 15 is 0 Å². The molecule has 1 heterocycles. The molecule has 1 saturated heterocycles. The first kappa shape index (κ1) is 17.6. The van der Waals surface area contributed by atoms with Gasteiger partial charge in [-0.15, -0.1) is 12.4 Å². The number of rotatable bonds is 4. The van der Waals surface area contributed by atoms with Crippen LogP contribution < -0.4 is 10.6 Å². The third kappa shape index (κ3) is 5.52. The molecule has 0 radical (unpaired) electrons. The number of carbonyl (C=O) groups excluding carboxylic acids is 1. The Kier molecular flexibility index (Phi) is 7.74. The van der Waals surface area contributed by atoms with E-state index in [0.717, 1.165) is 23.6 Å². The lowest BCUT2D eigenvalue weighted by molar-refractivity contribution is -0.122. The van der Waals surface area contributed by atoms with Crippen molar-refractivity contribution in [3.63, 3.8) is 0 Å². The molecule has 2 atom stereocenters. The molecular weight excluding hydrogens is 315 g/mol. The fourth-order valence-electron chi connectivity index (χ4n) is 2.13. The quantitative estimate of drug-likeness (QED) is 0.889. The van der Waals surface area contributed by atoms with Crippen molar-refractivity contribution in [2.75, 3.05) is 18.1 Å². The Labute approximate surface area is 135 Å². The van der Waals surface area contributed by atoms with E-state index in [1.165, 1.54) is 0 Å². The summed E-state index contributed by atoms with van der Waals surface area (Å²) in [5.74, 6) is 2.24. The van der Waals surface area contributed by atoms with E-state index < -0.39 is 0 Å². The Morgan fingerprint density at radius 3 is 3.05 bits per heavy atom. The van der Waals surface area contributed by atoms with E-state index in [1.54, 1.807) is 0 Å². The smallest absolute Gasteiger partial charge is 0.222 e. The highest BCUT2D eigenvalue weighted by molar-refractivity contribution is 7.99. The molecule has 2 unspecified atom stereocenters. The van der Waals surface area contributed by atoms with Gasteiger partial charge in [-0.2, -0.15) is 11.8 Å². The number of amides is 1. The second-order valence-electron chi connectivity index (χ2n) is 4.77. The minimum atomic E-state index is -0.0116. The normalized spacial score (nSPS) is 19.8. The Morgan fingerprint density at radius 2 is 2.40 bits per heavy atom. The first-order valence-electron chi connectivity index (χ1n) is 6.51. The van der Waals surface area contributed by atoms with Gasteiger partial charge in [0.1, 0.15) is 0 Å². The van der Waals surface area contributed by atoms with Gasteiger partial charge in [-0.3, -0.25) is 4.79 Å². The largest absolute Gasteiger partial charge is 0.350 e. The number of hydrogen-bond acceptors (Lipinski definition) is 3. The van der Waals surface area contributed by atoms with Gasteiger partial charge in [-0.25, -0.2) is 0 Å². The highest BCUT2D eigenvalue weighted by Gasteiger charge is 2.18. The molecule has 0 spiro atoms. The molecule has 0 bridgehead atoms. The maximum atomic E-state index is 12.0. The zero-order chi connectivity index (χ0) is 13.7. The van der Waals surface area contributed by atoms with Crippen LogP contribution in [0.4, 0.5) is 0 Å². The second kappa shape index (κ2) is 8.78. The highest BCUT2D eigenvalue weighted by Crippen LogP contribution is 2.18. The number of benzene rings is 1. The summed E-state index contributed by atoms with van der Waals surface area (Å²) >= 11 is 7.86. The van der Waals surface area contributed by atoms with Crippen LogP contribution >= 0.6 is 35.8 Å². The molecule has 20 heavy (non-hydrogen) atoms.